The summed E-state index contributed by atoms with van der Waals surface area (Å²) >= 11 is 0. The average Bonchev–Trinajstić information content (AvgIpc) is 2.67. The Morgan fingerprint density at radius 1 is 1.50 bits per heavy atom. The van der Waals surface area contributed by atoms with E-state index in [9.17, 15) is 9.18 Å². The number of carbonyl (C=O) groups is 1. The standard InChI is InChI=1S/C9H5FN2O2/c10-7-2-1-3-11-9(7)8-4-6(5-13)14-12-8/h1-5H. The summed E-state index contributed by atoms with van der Waals surface area (Å²) in [5.74, 6) is -0.455. The number of hydrogen-bond acceptors (Lipinski definition) is 4. The number of halogens is 1. The van der Waals surface area contributed by atoms with Crippen LogP contribution in [0, 0.1) is 5.82 Å². The van der Waals surface area contributed by atoms with E-state index in [0.29, 0.717) is 6.29 Å². The molecule has 0 aliphatic heterocycles. The predicted molar refractivity (Wildman–Crippen MR) is 45.1 cm³/mol. The largest absolute Gasteiger partial charge is 0.353 e. The van der Waals surface area contributed by atoms with Crippen LogP contribution in [0.3, 0.4) is 0 Å². The third-order valence-electron chi connectivity index (χ3n) is 1.65. The van der Waals surface area contributed by atoms with Gasteiger partial charge in [0.1, 0.15) is 11.4 Å². The van der Waals surface area contributed by atoms with Crippen molar-refractivity contribution in [1.82, 2.24) is 10.1 Å². The number of nitrogens with zero attached hydrogens (tertiary/aromatic N) is 2. The summed E-state index contributed by atoms with van der Waals surface area (Å²) in [7, 11) is 0. The fourth-order valence-corrected chi connectivity index (χ4v) is 1.03. The van der Waals surface area contributed by atoms with Crippen LogP contribution in [0.25, 0.3) is 11.4 Å². The third kappa shape index (κ3) is 1.39. The molecule has 14 heavy (non-hydrogen) atoms. The highest BCUT2D eigenvalue weighted by Crippen LogP contribution is 2.18. The van der Waals surface area contributed by atoms with Crippen LogP contribution in [0.15, 0.2) is 28.9 Å². The van der Waals surface area contributed by atoms with E-state index < -0.39 is 5.82 Å². The molecule has 0 amide bonds. The second kappa shape index (κ2) is 3.37. The van der Waals surface area contributed by atoms with Crippen molar-refractivity contribution in [3.05, 3.63) is 36.0 Å². The summed E-state index contributed by atoms with van der Waals surface area (Å²) in [6, 6.07) is 4.07. The first kappa shape index (κ1) is 8.55. The zero-order chi connectivity index (χ0) is 9.97. The first-order chi connectivity index (χ1) is 6.81. The van der Waals surface area contributed by atoms with Crippen molar-refractivity contribution in [2.24, 2.45) is 0 Å². The first-order valence-electron chi connectivity index (χ1n) is 3.84. The van der Waals surface area contributed by atoms with Gasteiger partial charge in [0, 0.05) is 12.3 Å². The van der Waals surface area contributed by atoms with Crippen LogP contribution in [0.4, 0.5) is 4.39 Å². The number of rotatable bonds is 2. The Hall–Kier alpha value is -2.04. The molecule has 0 bridgehead atoms. The van der Waals surface area contributed by atoms with Gasteiger partial charge in [-0.1, -0.05) is 5.16 Å². The molecule has 70 valence electrons. The quantitative estimate of drug-likeness (QED) is 0.679. The molecule has 0 N–H and O–H groups in total. The number of pyridine rings is 1. The van der Waals surface area contributed by atoms with Gasteiger partial charge in [-0.15, -0.1) is 0 Å². The van der Waals surface area contributed by atoms with Crippen molar-refractivity contribution in [1.29, 1.82) is 0 Å². The lowest BCUT2D eigenvalue weighted by Crippen LogP contribution is -1.87. The minimum atomic E-state index is -0.502. The maximum Gasteiger partial charge on any atom is 0.199 e. The van der Waals surface area contributed by atoms with Gasteiger partial charge in [0.25, 0.3) is 0 Å². The molecule has 2 heterocycles. The molecule has 0 atom stereocenters. The molecule has 0 saturated carbocycles. The summed E-state index contributed by atoms with van der Waals surface area (Å²) in [6.07, 6.45) is 1.94. The monoisotopic (exact) mass is 192 g/mol. The molecule has 0 aliphatic carbocycles. The lowest BCUT2D eigenvalue weighted by atomic mass is 10.2. The fraction of sp³-hybridized carbons (Fsp3) is 0. The fourth-order valence-electron chi connectivity index (χ4n) is 1.03. The normalized spacial score (nSPS) is 10.1. The van der Waals surface area contributed by atoms with Gasteiger partial charge in [0.05, 0.1) is 0 Å². The van der Waals surface area contributed by atoms with Crippen molar-refractivity contribution >= 4 is 6.29 Å². The van der Waals surface area contributed by atoms with Gasteiger partial charge in [-0.25, -0.2) is 4.39 Å². The van der Waals surface area contributed by atoms with Gasteiger partial charge in [-0.3, -0.25) is 9.78 Å². The van der Waals surface area contributed by atoms with E-state index in [-0.39, 0.29) is 17.1 Å². The van der Waals surface area contributed by atoms with Crippen molar-refractivity contribution in [2.75, 3.05) is 0 Å². The molecule has 0 radical (unpaired) electrons. The van der Waals surface area contributed by atoms with Gasteiger partial charge in [-0.2, -0.15) is 0 Å². The Morgan fingerprint density at radius 2 is 2.36 bits per heavy atom. The van der Waals surface area contributed by atoms with E-state index in [1.165, 1.54) is 24.4 Å². The summed E-state index contributed by atoms with van der Waals surface area (Å²) in [6.45, 7) is 0. The molecule has 0 unspecified atom stereocenters. The van der Waals surface area contributed by atoms with Crippen molar-refractivity contribution in [3.8, 4) is 11.4 Å². The minimum absolute atomic E-state index is 0.0463. The lowest BCUT2D eigenvalue weighted by molar-refractivity contribution is 0.109. The Bertz CT molecular complexity index is 467. The maximum absolute atomic E-state index is 13.2. The molecule has 0 spiro atoms. The Morgan fingerprint density at radius 3 is 3.00 bits per heavy atom. The SMILES string of the molecule is O=Cc1cc(-c2ncccc2F)no1. The van der Waals surface area contributed by atoms with Gasteiger partial charge in [0.2, 0.25) is 0 Å². The van der Waals surface area contributed by atoms with Crippen LogP contribution in [-0.4, -0.2) is 16.4 Å². The van der Waals surface area contributed by atoms with E-state index in [1.807, 2.05) is 0 Å². The molecule has 0 fully saturated rings. The van der Waals surface area contributed by atoms with E-state index >= 15 is 0 Å². The van der Waals surface area contributed by atoms with Gasteiger partial charge in [0.15, 0.2) is 17.9 Å². The van der Waals surface area contributed by atoms with Crippen LogP contribution >= 0.6 is 0 Å². The highest BCUT2D eigenvalue weighted by atomic mass is 19.1. The van der Waals surface area contributed by atoms with Crippen LogP contribution in [0.1, 0.15) is 10.6 Å². The maximum atomic E-state index is 13.2. The van der Waals surface area contributed by atoms with E-state index in [1.54, 1.807) is 0 Å². The number of aromatic nitrogens is 2. The highest BCUT2D eigenvalue weighted by molar-refractivity contribution is 5.73. The highest BCUT2D eigenvalue weighted by Gasteiger charge is 2.10. The molecule has 2 aromatic rings. The molecule has 2 rings (SSSR count). The van der Waals surface area contributed by atoms with Gasteiger partial charge < -0.3 is 4.52 Å². The summed E-state index contributed by atoms with van der Waals surface area (Å²) in [5.41, 5.74) is 0.287. The van der Waals surface area contributed by atoms with Crippen LogP contribution in [0.5, 0.6) is 0 Å². The van der Waals surface area contributed by atoms with E-state index in [0.717, 1.165) is 0 Å². The molecular formula is C9H5FN2O2. The second-order valence-corrected chi connectivity index (χ2v) is 2.57. The van der Waals surface area contributed by atoms with Gasteiger partial charge >= 0.3 is 0 Å². The summed E-state index contributed by atoms with van der Waals surface area (Å²) in [4.78, 5) is 14.1. The number of aldehydes is 1. The van der Waals surface area contributed by atoms with Crippen LogP contribution < -0.4 is 0 Å². The van der Waals surface area contributed by atoms with E-state index in [2.05, 4.69) is 14.7 Å². The second-order valence-electron chi connectivity index (χ2n) is 2.57. The molecular weight excluding hydrogens is 187 g/mol. The Labute approximate surface area is 78.4 Å². The molecule has 0 aromatic carbocycles. The van der Waals surface area contributed by atoms with Gasteiger partial charge in [-0.05, 0) is 12.1 Å². The summed E-state index contributed by atoms with van der Waals surface area (Å²) in [5, 5.41) is 3.51. The number of hydrogen-bond donors (Lipinski definition) is 0. The van der Waals surface area contributed by atoms with Crippen molar-refractivity contribution in [3.63, 3.8) is 0 Å². The average molecular weight is 192 g/mol. The van der Waals surface area contributed by atoms with Crippen molar-refractivity contribution in [2.45, 2.75) is 0 Å². The Kier molecular flexibility index (Phi) is 2.06. The molecule has 2 aromatic heterocycles. The van der Waals surface area contributed by atoms with Crippen LogP contribution in [0.2, 0.25) is 0 Å². The molecule has 0 aliphatic rings. The third-order valence-corrected chi connectivity index (χ3v) is 1.65. The smallest absolute Gasteiger partial charge is 0.199 e. The number of carbonyl (C=O) groups excluding carboxylic acids is 1. The topological polar surface area (TPSA) is 56.0 Å². The molecule has 5 heteroatoms. The Balaban J connectivity index is 2.49. The minimum Gasteiger partial charge on any atom is -0.353 e. The van der Waals surface area contributed by atoms with Crippen LogP contribution in [-0.2, 0) is 0 Å². The lowest BCUT2D eigenvalue weighted by Gasteiger charge is -1.94. The molecule has 0 saturated heterocycles. The predicted octanol–water partition coefficient (Wildman–Crippen LogP) is 1.69. The molecule has 4 nitrogen and oxygen atoms in total. The first-order valence-corrected chi connectivity index (χ1v) is 3.84. The summed E-state index contributed by atoms with van der Waals surface area (Å²) < 4.78 is 17.8. The van der Waals surface area contributed by atoms with E-state index in [4.69, 9.17) is 0 Å². The zero-order valence-corrected chi connectivity index (χ0v) is 6.98. The van der Waals surface area contributed by atoms with Crippen molar-refractivity contribution < 1.29 is 13.7 Å². The zero-order valence-electron chi connectivity index (χ0n) is 6.98.